The average molecular weight is 395 g/mol. The van der Waals surface area contributed by atoms with Crippen LogP contribution in [-0.4, -0.2) is 108 Å². The second kappa shape index (κ2) is 17.2. The topological polar surface area (TPSA) is 95.9 Å². The van der Waals surface area contributed by atoms with Gasteiger partial charge in [-0.1, -0.05) is 0 Å². The summed E-state index contributed by atoms with van der Waals surface area (Å²) in [4.78, 5) is 13.2. The molecule has 0 fully saturated rings. The number of nitrogens with zero attached hydrogens (tertiary/aromatic N) is 1. The van der Waals surface area contributed by atoms with E-state index in [4.69, 9.17) is 33.5 Å². The summed E-state index contributed by atoms with van der Waals surface area (Å²) in [6.07, 6.45) is -0.360. The third kappa shape index (κ3) is 19.6. The molecule has 162 valence electrons. The number of carbonyl (C=O) groups is 1. The first-order valence-corrected chi connectivity index (χ1v) is 9.30. The SMILES string of the molecule is CN(CCOCCOCCOCCOCCOCCO)C(=O)OC(C)(C)C. The third-order valence-electron chi connectivity index (χ3n) is 3.00. The molecule has 0 aromatic heterocycles. The molecular weight excluding hydrogens is 358 g/mol. The van der Waals surface area contributed by atoms with Crippen LogP contribution < -0.4 is 0 Å². The van der Waals surface area contributed by atoms with Gasteiger partial charge in [0, 0.05) is 13.6 Å². The molecule has 0 aliphatic rings. The minimum atomic E-state index is -0.497. The maximum atomic E-state index is 11.7. The summed E-state index contributed by atoms with van der Waals surface area (Å²) in [5, 5.41) is 8.52. The molecule has 9 heteroatoms. The summed E-state index contributed by atoms with van der Waals surface area (Å²) in [6, 6.07) is 0. The molecule has 0 aliphatic carbocycles. The van der Waals surface area contributed by atoms with E-state index in [0.717, 1.165) is 0 Å². The van der Waals surface area contributed by atoms with Gasteiger partial charge in [-0.05, 0) is 20.8 Å². The number of amides is 1. The van der Waals surface area contributed by atoms with Crippen molar-refractivity contribution in [3.8, 4) is 0 Å². The first-order chi connectivity index (χ1) is 12.9. The lowest BCUT2D eigenvalue weighted by molar-refractivity contribution is -0.0148. The normalized spacial score (nSPS) is 11.6. The van der Waals surface area contributed by atoms with Crippen LogP contribution in [0.5, 0.6) is 0 Å². The highest BCUT2D eigenvalue weighted by molar-refractivity contribution is 5.67. The smallest absolute Gasteiger partial charge is 0.410 e. The second-order valence-electron chi connectivity index (χ2n) is 6.69. The van der Waals surface area contributed by atoms with Crippen molar-refractivity contribution in [1.29, 1.82) is 0 Å². The summed E-state index contributed by atoms with van der Waals surface area (Å²) >= 11 is 0. The van der Waals surface area contributed by atoms with E-state index in [1.54, 1.807) is 7.05 Å². The van der Waals surface area contributed by atoms with Crippen molar-refractivity contribution in [2.75, 3.05) is 86.3 Å². The van der Waals surface area contributed by atoms with Gasteiger partial charge in [-0.25, -0.2) is 4.79 Å². The minimum Gasteiger partial charge on any atom is -0.444 e. The molecule has 0 aromatic rings. The number of rotatable bonds is 17. The van der Waals surface area contributed by atoms with E-state index in [1.165, 1.54) is 4.90 Å². The maximum Gasteiger partial charge on any atom is 0.410 e. The summed E-state index contributed by atoms with van der Waals surface area (Å²) in [6.45, 7) is 10.6. The molecule has 1 N–H and O–H groups in total. The molecule has 0 bridgehead atoms. The summed E-state index contributed by atoms with van der Waals surface area (Å²) in [7, 11) is 1.68. The lowest BCUT2D eigenvalue weighted by Crippen LogP contribution is -2.36. The molecule has 0 aromatic carbocycles. The molecule has 0 radical (unpaired) electrons. The summed E-state index contributed by atoms with van der Waals surface area (Å²) in [5.74, 6) is 0. The fourth-order valence-corrected chi connectivity index (χ4v) is 1.68. The number of hydrogen-bond donors (Lipinski definition) is 1. The van der Waals surface area contributed by atoms with Crippen molar-refractivity contribution in [1.82, 2.24) is 4.90 Å². The van der Waals surface area contributed by atoms with Crippen LogP contribution in [0.3, 0.4) is 0 Å². The van der Waals surface area contributed by atoms with Gasteiger partial charge in [0.1, 0.15) is 5.60 Å². The zero-order valence-electron chi connectivity index (χ0n) is 17.2. The molecule has 0 saturated carbocycles. The van der Waals surface area contributed by atoms with Gasteiger partial charge >= 0.3 is 6.09 Å². The van der Waals surface area contributed by atoms with Crippen LogP contribution in [0.15, 0.2) is 0 Å². The molecule has 0 aliphatic heterocycles. The first kappa shape index (κ1) is 26.0. The van der Waals surface area contributed by atoms with Gasteiger partial charge in [0.05, 0.1) is 72.7 Å². The molecular formula is C18H37NO8. The minimum absolute atomic E-state index is 0.0251. The Hall–Kier alpha value is -0.970. The largest absolute Gasteiger partial charge is 0.444 e. The Kier molecular flexibility index (Phi) is 16.5. The Morgan fingerprint density at radius 3 is 1.48 bits per heavy atom. The molecule has 9 nitrogen and oxygen atoms in total. The molecule has 0 atom stereocenters. The van der Waals surface area contributed by atoms with Crippen molar-refractivity contribution in [3.05, 3.63) is 0 Å². The lowest BCUT2D eigenvalue weighted by atomic mass is 10.2. The Morgan fingerprint density at radius 1 is 0.741 bits per heavy atom. The van der Waals surface area contributed by atoms with Crippen LogP contribution in [-0.2, 0) is 28.4 Å². The third-order valence-corrected chi connectivity index (χ3v) is 3.00. The highest BCUT2D eigenvalue weighted by Gasteiger charge is 2.19. The average Bonchev–Trinajstić information content (AvgIpc) is 2.59. The number of likely N-dealkylation sites (N-methyl/N-ethyl adjacent to an activating group) is 1. The zero-order valence-corrected chi connectivity index (χ0v) is 17.2. The molecule has 27 heavy (non-hydrogen) atoms. The van der Waals surface area contributed by atoms with E-state index < -0.39 is 5.60 Å². The Balaban J connectivity index is 3.26. The van der Waals surface area contributed by atoms with Gasteiger partial charge in [-0.3, -0.25) is 0 Å². The standard InChI is InChI=1S/C18H37NO8/c1-18(2,3)27-17(21)19(4)5-7-22-9-11-24-13-15-26-16-14-25-12-10-23-8-6-20/h20H,5-16H2,1-4H3. The van der Waals surface area contributed by atoms with E-state index in [0.29, 0.717) is 72.6 Å². The summed E-state index contributed by atoms with van der Waals surface area (Å²) in [5.41, 5.74) is -0.497. The van der Waals surface area contributed by atoms with Crippen molar-refractivity contribution in [2.24, 2.45) is 0 Å². The molecule has 0 spiro atoms. The predicted octanol–water partition coefficient (Wildman–Crippen LogP) is 0.929. The zero-order chi connectivity index (χ0) is 20.4. The van der Waals surface area contributed by atoms with Crippen LogP contribution >= 0.6 is 0 Å². The van der Waals surface area contributed by atoms with E-state index >= 15 is 0 Å². The first-order valence-electron chi connectivity index (χ1n) is 9.30. The van der Waals surface area contributed by atoms with Gasteiger partial charge < -0.3 is 38.4 Å². The molecule has 1 amide bonds. The van der Waals surface area contributed by atoms with Crippen LogP contribution in [0.4, 0.5) is 4.79 Å². The van der Waals surface area contributed by atoms with Crippen LogP contribution in [0.2, 0.25) is 0 Å². The van der Waals surface area contributed by atoms with E-state index in [-0.39, 0.29) is 12.7 Å². The highest BCUT2D eigenvalue weighted by Crippen LogP contribution is 2.08. The van der Waals surface area contributed by atoms with E-state index in [9.17, 15) is 4.79 Å². The number of aliphatic hydroxyl groups is 1. The van der Waals surface area contributed by atoms with E-state index in [2.05, 4.69) is 0 Å². The van der Waals surface area contributed by atoms with Crippen LogP contribution in [0.25, 0.3) is 0 Å². The number of carbonyl (C=O) groups excluding carboxylic acids is 1. The molecule has 0 saturated heterocycles. The van der Waals surface area contributed by atoms with Gasteiger partial charge in [-0.15, -0.1) is 0 Å². The van der Waals surface area contributed by atoms with Crippen molar-refractivity contribution in [3.63, 3.8) is 0 Å². The van der Waals surface area contributed by atoms with E-state index in [1.807, 2.05) is 20.8 Å². The Bertz CT molecular complexity index is 349. The van der Waals surface area contributed by atoms with Crippen molar-refractivity contribution >= 4 is 6.09 Å². The Labute approximate surface area is 162 Å². The fourth-order valence-electron chi connectivity index (χ4n) is 1.68. The summed E-state index contributed by atoms with van der Waals surface area (Å²) < 4.78 is 31.8. The second-order valence-corrected chi connectivity index (χ2v) is 6.69. The molecule has 0 heterocycles. The number of aliphatic hydroxyl groups excluding tert-OH is 1. The van der Waals surface area contributed by atoms with Gasteiger partial charge in [0.25, 0.3) is 0 Å². The van der Waals surface area contributed by atoms with Crippen LogP contribution in [0, 0.1) is 0 Å². The maximum absolute atomic E-state index is 11.7. The van der Waals surface area contributed by atoms with Gasteiger partial charge in [0.15, 0.2) is 0 Å². The predicted molar refractivity (Wildman–Crippen MR) is 100 cm³/mol. The quantitative estimate of drug-likeness (QED) is 0.363. The molecule has 0 rings (SSSR count). The van der Waals surface area contributed by atoms with Crippen molar-refractivity contribution in [2.45, 2.75) is 26.4 Å². The van der Waals surface area contributed by atoms with Gasteiger partial charge in [-0.2, -0.15) is 0 Å². The van der Waals surface area contributed by atoms with Crippen LogP contribution in [0.1, 0.15) is 20.8 Å². The van der Waals surface area contributed by atoms with Crippen molar-refractivity contribution < 1.29 is 38.3 Å². The molecule has 0 unspecified atom stereocenters. The number of ether oxygens (including phenoxy) is 6. The Morgan fingerprint density at radius 2 is 1.11 bits per heavy atom. The lowest BCUT2D eigenvalue weighted by Gasteiger charge is -2.24. The number of hydrogen-bond acceptors (Lipinski definition) is 8. The fraction of sp³-hybridized carbons (Fsp3) is 0.944. The monoisotopic (exact) mass is 395 g/mol. The highest BCUT2D eigenvalue weighted by atomic mass is 16.6. The van der Waals surface area contributed by atoms with Gasteiger partial charge in [0.2, 0.25) is 0 Å².